The molecule has 1 aromatic rings. The lowest BCUT2D eigenvalue weighted by Gasteiger charge is -2.45. The maximum atomic E-state index is 6.37. The molecule has 116 valence electrons. The SMILES string of the molecule is Cc1ccc([Si]23OC(C)CN(CC(C)O2)CC(C)O3)cc1. The number of aryl methyl sites for hydroxylation is 1. The van der Waals surface area contributed by atoms with Gasteiger partial charge in [0.2, 0.25) is 0 Å². The van der Waals surface area contributed by atoms with Crippen molar-refractivity contribution >= 4 is 14.0 Å². The van der Waals surface area contributed by atoms with Crippen LogP contribution >= 0.6 is 0 Å². The van der Waals surface area contributed by atoms with Crippen molar-refractivity contribution in [2.24, 2.45) is 0 Å². The summed E-state index contributed by atoms with van der Waals surface area (Å²) < 4.78 is 19.1. The van der Waals surface area contributed by atoms with Crippen LogP contribution in [0.3, 0.4) is 0 Å². The van der Waals surface area contributed by atoms with Gasteiger partial charge in [0.1, 0.15) is 0 Å². The normalized spacial score (nSPS) is 40.4. The molecule has 0 saturated carbocycles. The van der Waals surface area contributed by atoms with Gasteiger partial charge in [-0.05, 0) is 27.7 Å². The Bertz CT molecular complexity index is 457. The smallest absolute Gasteiger partial charge is 0.366 e. The van der Waals surface area contributed by atoms with Crippen LogP contribution in [0.1, 0.15) is 26.3 Å². The molecule has 0 N–H and O–H groups in total. The highest BCUT2D eigenvalue weighted by Crippen LogP contribution is 2.24. The van der Waals surface area contributed by atoms with Crippen LogP contribution in [0.15, 0.2) is 24.3 Å². The van der Waals surface area contributed by atoms with E-state index < -0.39 is 8.80 Å². The first-order valence-corrected chi connectivity index (χ1v) is 9.52. The zero-order chi connectivity index (χ0) is 15.0. The molecule has 0 spiro atoms. The van der Waals surface area contributed by atoms with Crippen molar-refractivity contribution in [3.63, 3.8) is 0 Å². The Kier molecular flexibility index (Phi) is 4.20. The lowest BCUT2D eigenvalue weighted by Crippen LogP contribution is -2.67. The molecule has 0 radical (unpaired) electrons. The zero-order valence-corrected chi connectivity index (χ0v) is 14.3. The van der Waals surface area contributed by atoms with Crippen LogP contribution in [-0.4, -0.2) is 51.7 Å². The van der Waals surface area contributed by atoms with Gasteiger partial charge in [-0.3, -0.25) is 4.90 Å². The maximum Gasteiger partial charge on any atom is 0.538 e. The van der Waals surface area contributed by atoms with Crippen molar-refractivity contribution in [2.45, 2.75) is 46.0 Å². The van der Waals surface area contributed by atoms with Gasteiger partial charge in [0, 0.05) is 24.8 Å². The number of fused-ring (bicyclic) bond motifs is 6. The molecule has 3 atom stereocenters. The molecule has 1 aromatic carbocycles. The first-order valence-electron chi connectivity index (χ1n) is 7.80. The van der Waals surface area contributed by atoms with Crippen LogP contribution < -0.4 is 5.19 Å². The minimum atomic E-state index is -2.84. The molecule has 3 saturated heterocycles. The summed E-state index contributed by atoms with van der Waals surface area (Å²) in [5.41, 5.74) is 1.24. The van der Waals surface area contributed by atoms with Gasteiger partial charge in [0.25, 0.3) is 0 Å². The summed E-state index contributed by atoms with van der Waals surface area (Å²) in [5.74, 6) is 0. The van der Waals surface area contributed by atoms with E-state index in [2.05, 4.69) is 56.9 Å². The largest absolute Gasteiger partial charge is 0.538 e. The van der Waals surface area contributed by atoms with Gasteiger partial charge in [-0.25, -0.2) is 0 Å². The Balaban J connectivity index is 2.02. The molecule has 3 aliphatic heterocycles. The molecule has 0 amide bonds. The average Bonchev–Trinajstić information content (AvgIpc) is 2.35. The van der Waals surface area contributed by atoms with Gasteiger partial charge in [-0.1, -0.05) is 29.8 Å². The molecule has 3 heterocycles. The lowest BCUT2D eigenvalue weighted by atomic mass is 10.2. The zero-order valence-electron chi connectivity index (χ0n) is 13.3. The maximum absolute atomic E-state index is 6.37. The predicted octanol–water partition coefficient (Wildman–Crippen LogP) is 1.69. The monoisotopic (exact) mass is 307 g/mol. The molecule has 2 bridgehead atoms. The lowest BCUT2D eigenvalue weighted by molar-refractivity contribution is -0.0708. The van der Waals surface area contributed by atoms with Crippen LogP contribution in [0.4, 0.5) is 0 Å². The van der Waals surface area contributed by atoms with E-state index in [1.54, 1.807) is 0 Å². The Morgan fingerprint density at radius 2 is 1.29 bits per heavy atom. The second-order valence-corrected chi connectivity index (χ2v) is 8.82. The number of hydrogen-bond acceptors (Lipinski definition) is 4. The van der Waals surface area contributed by atoms with Crippen molar-refractivity contribution in [3.05, 3.63) is 29.8 Å². The van der Waals surface area contributed by atoms with E-state index in [0.29, 0.717) is 0 Å². The fourth-order valence-corrected chi connectivity index (χ4v) is 6.23. The molecule has 3 fully saturated rings. The van der Waals surface area contributed by atoms with Gasteiger partial charge < -0.3 is 13.3 Å². The molecule has 5 heteroatoms. The summed E-state index contributed by atoms with van der Waals surface area (Å²) in [6, 6.07) is 8.43. The third kappa shape index (κ3) is 3.22. The first kappa shape index (κ1) is 15.2. The predicted molar refractivity (Wildman–Crippen MR) is 84.6 cm³/mol. The van der Waals surface area contributed by atoms with Crippen LogP contribution in [0.2, 0.25) is 0 Å². The highest BCUT2D eigenvalue weighted by Gasteiger charge is 2.51. The molecule has 0 aromatic heterocycles. The average molecular weight is 307 g/mol. The topological polar surface area (TPSA) is 30.9 Å². The number of nitrogens with zero attached hydrogens (tertiary/aromatic N) is 1. The van der Waals surface area contributed by atoms with Gasteiger partial charge >= 0.3 is 8.80 Å². The molecular formula is C16H25NO3Si. The third-order valence-electron chi connectivity index (χ3n) is 4.02. The Hall–Kier alpha value is -0.723. The fraction of sp³-hybridized carbons (Fsp3) is 0.625. The van der Waals surface area contributed by atoms with Crippen LogP contribution in [-0.2, 0) is 13.3 Å². The van der Waals surface area contributed by atoms with Gasteiger partial charge in [-0.15, -0.1) is 0 Å². The van der Waals surface area contributed by atoms with Crippen molar-refractivity contribution in [1.82, 2.24) is 4.90 Å². The summed E-state index contributed by atoms with van der Waals surface area (Å²) in [4.78, 5) is 2.38. The molecular weight excluding hydrogens is 282 g/mol. The second kappa shape index (κ2) is 5.82. The first-order chi connectivity index (χ1) is 9.97. The van der Waals surface area contributed by atoms with Crippen LogP contribution in [0.25, 0.3) is 0 Å². The minimum absolute atomic E-state index is 0.123. The van der Waals surface area contributed by atoms with Crippen molar-refractivity contribution < 1.29 is 13.3 Å². The van der Waals surface area contributed by atoms with Crippen molar-refractivity contribution in [2.75, 3.05) is 19.6 Å². The van der Waals surface area contributed by atoms with Crippen LogP contribution in [0.5, 0.6) is 0 Å². The van der Waals surface area contributed by atoms with Gasteiger partial charge in [0.05, 0.1) is 18.3 Å². The highest BCUT2D eigenvalue weighted by molar-refractivity contribution is 6.75. The van der Waals surface area contributed by atoms with E-state index in [1.807, 2.05) is 0 Å². The number of rotatable bonds is 1. The van der Waals surface area contributed by atoms with Crippen LogP contribution in [0, 0.1) is 6.92 Å². The van der Waals surface area contributed by atoms with Gasteiger partial charge in [0.15, 0.2) is 0 Å². The molecule has 4 rings (SSSR count). The summed E-state index contributed by atoms with van der Waals surface area (Å²) in [6.07, 6.45) is 0.369. The molecule has 3 aliphatic rings. The second-order valence-electron chi connectivity index (χ2n) is 6.43. The summed E-state index contributed by atoms with van der Waals surface area (Å²) in [7, 11) is -2.84. The van der Waals surface area contributed by atoms with E-state index in [4.69, 9.17) is 13.3 Å². The van der Waals surface area contributed by atoms with E-state index in [1.165, 1.54) is 5.56 Å². The standard InChI is InChI=1S/C16H25NO3Si/c1-12-5-7-16(8-6-12)21-18-13(2)9-17(10-14(3)19-21)11-15(4)20-21/h5-8,13-15H,9-11H2,1-4H3. The van der Waals surface area contributed by atoms with E-state index in [0.717, 1.165) is 24.8 Å². The molecule has 4 nitrogen and oxygen atoms in total. The number of benzene rings is 1. The molecule has 21 heavy (non-hydrogen) atoms. The van der Waals surface area contributed by atoms with Crippen molar-refractivity contribution in [3.8, 4) is 0 Å². The summed E-state index contributed by atoms with van der Waals surface area (Å²) in [6.45, 7) is 11.3. The highest BCUT2D eigenvalue weighted by atomic mass is 28.4. The fourth-order valence-electron chi connectivity index (χ4n) is 3.27. The Labute approximate surface area is 128 Å². The van der Waals surface area contributed by atoms with E-state index in [-0.39, 0.29) is 18.3 Å². The summed E-state index contributed by atoms with van der Waals surface area (Å²) in [5, 5.41) is 1.08. The Morgan fingerprint density at radius 3 is 1.71 bits per heavy atom. The quantitative estimate of drug-likeness (QED) is 0.739. The van der Waals surface area contributed by atoms with E-state index >= 15 is 0 Å². The van der Waals surface area contributed by atoms with E-state index in [9.17, 15) is 0 Å². The Morgan fingerprint density at radius 1 is 0.857 bits per heavy atom. The third-order valence-corrected chi connectivity index (χ3v) is 7.20. The van der Waals surface area contributed by atoms with Crippen molar-refractivity contribution in [1.29, 1.82) is 0 Å². The summed E-state index contributed by atoms with van der Waals surface area (Å²) >= 11 is 0. The molecule has 0 aliphatic carbocycles. The number of hydrogen-bond donors (Lipinski definition) is 0. The minimum Gasteiger partial charge on any atom is -0.366 e. The molecule has 3 unspecified atom stereocenters. The van der Waals surface area contributed by atoms with Gasteiger partial charge in [-0.2, -0.15) is 0 Å².